The molecule has 0 radical (unpaired) electrons. The van der Waals surface area contributed by atoms with E-state index in [9.17, 15) is 17.6 Å². The van der Waals surface area contributed by atoms with Gasteiger partial charge in [-0.15, -0.1) is 0 Å². The van der Waals surface area contributed by atoms with Gasteiger partial charge in [0.25, 0.3) is 0 Å². The molecule has 0 aliphatic heterocycles. The number of hydrogen-bond donors (Lipinski definition) is 1. The van der Waals surface area contributed by atoms with Crippen LogP contribution in [0.15, 0.2) is 24.3 Å². The Kier molecular flexibility index (Phi) is 6.81. The largest absolute Gasteiger partial charge is 0.335 e. The van der Waals surface area contributed by atoms with E-state index in [0.29, 0.717) is 5.92 Å². The van der Waals surface area contributed by atoms with Crippen molar-refractivity contribution in [3.05, 3.63) is 35.6 Å². The van der Waals surface area contributed by atoms with Crippen LogP contribution in [-0.4, -0.2) is 50.5 Å². The third-order valence-electron chi connectivity index (χ3n) is 4.90. The number of sulfone groups is 1. The van der Waals surface area contributed by atoms with Crippen molar-refractivity contribution in [3.8, 4) is 0 Å². The number of urea groups is 1. The molecule has 2 amide bonds. The topological polar surface area (TPSA) is 66.5 Å². The predicted molar refractivity (Wildman–Crippen MR) is 96.7 cm³/mol. The van der Waals surface area contributed by atoms with Crippen molar-refractivity contribution >= 4 is 15.9 Å². The van der Waals surface area contributed by atoms with Gasteiger partial charge in [-0.1, -0.05) is 25.5 Å². The van der Waals surface area contributed by atoms with Gasteiger partial charge in [0.1, 0.15) is 5.82 Å². The Labute approximate surface area is 149 Å². The molecule has 2 rings (SSSR count). The standard InChI is InChI=1S/C18H27FN2O3S/c1-3-25(23,24)12-11-21(2)18(22)20-17-6-4-5-15(17)13-14-7-9-16(19)10-8-14/h7-10,15,17H,3-6,11-13H2,1-2H3,(H,20,22). The number of rotatable bonds is 7. The molecule has 5 nitrogen and oxygen atoms in total. The molecule has 140 valence electrons. The maximum atomic E-state index is 13.0. The van der Waals surface area contributed by atoms with Gasteiger partial charge in [-0.2, -0.15) is 0 Å². The van der Waals surface area contributed by atoms with Crippen LogP contribution in [0, 0.1) is 11.7 Å². The van der Waals surface area contributed by atoms with E-state index >= 15 is 0 Å². The van der Waals surface area contributed by atoms with Crippen LogP contribution in [0.2, 0.25) is 0 Å². The van der Waals surface area contributed by atoms with Crippen LogP contribution >= 0.6 is 0 Å². The van der Waals surface area contributed by atoms with Gasteiger partial charge in [0.05, 0.1) is 5.75 Å². The lowest BCUT2D eigenvalue weighted by molar-refractivity contribution is 0.203. The van der Waals surface area contributed by atoms with Crippen molar-refractivity contribution in [1.82, 2.24) is 10.2 Å². The predicted octanol–water partition coefficient (Wildman–Crippen LogP) is 2.61. The van der Waals surface area contributed by atoms with Crippen molar-refractivity contribution in [2.24, 2.45) is 5.92 Å². The number of nitrogens with zero attached hydrogens (tertiary/aromatic N) is 1. The van der Waals surface area contributed by atoms with E-state index in [1.54, 1.807) is 26.1 Å². The molecule has 1 saturated carbocycles. The van der Waals surface area contributed by atoms with Crippen molar-refractivity contribution in [3.63, 3.8) is 0 Å². The molecule has 0 bridgehead atoms. The molecule has 2 atom stereocenters. The molecular weight excluding hydrogens is 343 g/mol. The van der Waals surface area contributed by atoms with Crippen LogP contribution in [0.4, 0.5) is 9.18 Å². The first-order valence-corrected chi connectivity index (χ1v) is 10.6. The molecule has 1 aliphatic rings. The molecule has 0 saturated heterocycles. The zero-order valence-electron chi connectivity index (χ0n) is 14.9. The fourth-order valence-electron chi connectivity index (χ4n) is 3.19. The highest BCUT2D eigenvalue weighted by Crippen LogP contribution is 2.29. The van der Waals surface area contributed by atoms with Gasteiger partial charge in [0.2, 0.25) is 0 Å². The summed E-state index contributed by atoms with van der Waals surface area (Å²) in [7, 11) is -1.47. The summed E-state index contributed by atoms with van der Waals surface area (Å²) in [5.74, 6) is 0.146. The van der Waals surface area contributed by atoms with Gasteiger partial charge in [-0.3, -0.25) is 0 Å². The molecule has 7 heteroatoms. The van der Waals surface area contributed by atoms with E-state index in [2.05, 4.69) is 5.32 Å². The monoisotopic (exact) mass is 370 g/mol. The molecule has 25 heavy (non-hydrogen) atoms. The van der Waals surface area contributed by atoms with E-state index < -0.39 is 9.84 Å². The summed E-state index contributed by atoms with van der Waals surface area (Å²) >= 11 is 0. The zero-order chi connectivity index (χ0) is 18.4. The third-order valence-corrected chi connectivity index (χ3v) is 6.59. The summed E-state index contributed by atoms with van der Waals surface area (Å²) in [6.07, 6.45) is 3.79. The third kappa shape index (κ3) is 5.99. The summed E-state index contributed by atoms with van der Waals surface area (Å²) in [5.41, 5.74) is 1.06. The second kappa shape index (κ2) is 8.65. The molecule has 0 aromatic heterocycles. The lowest BCUT2D eigenvalue weighted by atomic mass is 9.94. The molecular formula is C18H27FN2O3S. The Hall–Kier alpha value is -1.63. The van der Waals surface area contributed by atoms with E-state index in [-0.39, 0.29) is 35.9 Å². The maximum absolute atomic E-state index is 13.0. The van der Waals surface area contributed by atoms with Crippen LogP contribution in [0.25, 0.3) is 0 Å². The summed E-state index contributed by atoms with van der Waals surface area (Å²) in [4.78, 5) is 13.7. The smallest absolute Gasteiger partial charge is 0.317 e. The number of halogens is 1. The van der Waals surface area contributed by atoms with E-state index in [1.165, 1.54) is 17.0 Å². The highest BCUT2D eigenvalue weighted by atomic mass is 32.2. The van der Waals surface area contributed by atoms with Crippen LogP contribution in [0.3, 0.4) is 0 Å². The SMILES string of the molecule is CCS(=O)(=O)CCN(C)C(=O)NC1CCCC1Cc1ccc(F)cc1. The Balaban J connectivity index is 1.87. The minimum atomic E-state index is -3.08. The quantitative estimate of drug-likeness (QED) is 0.802. The Morgan fingerprint density at radius 3 is 2.60 bits per heavy atom. The lowest BCUT2D eigenvalue weighted by Crippen LogP contribution is -2.46. The fourth-order valence-corrected chi connectivity index (χ4v) is 4.03. The Morgan fingerprint density at radius 2 is 1.96 bits per heavy atom. The molecule has 2 unspecified atom stereocenters. The second-order valence-corrected chi connectivity index (χ2v) is 9.21. The second-order valence-electron chi connectivity index (χ2n) is 6.74. The maximum Gasteiger partial charge on any atom is 0.317 e. The first kappa shape index (κ1) is 19.7. The van der Waals surface area contributed by atoms with Crippen LogP contribution < -0.4 is 5.32 Å². The number of nitrogens with one attached hydrogen (secondary N) is 1. The van der Waals surface area contributed by atoms with Crippen LogP contribution in [-0.2, 0) is 16.3 Å². The van der Waals surface area contributed by atoms with Crippen molar-refractivity contribution in [2.45, 2.75) is 38.6 Å². The highest BCUT2D eigenvalue weighted by Gasteiger charge is 2.29. The summed E-state index contributed by atoms with van der Waals surface area (Å²) in [5, 5.41) is 3.03. The molecule has 1 N–H and O–H groups in total. The van der Waals surface area contributed by atoms with Gasteiger partial charge in [0.15, 0.2) is 9.84 Å². The molecule has 1 aromatic rings. The summed E-state index contributed by atoms with van der Waals surface area (Å²) in [6.45, 7) is 1.80. The van der Waals surface area contributed by atoms with Crippen LogP contribution in [0.5, 0.6) is 0 Å². The van der Waals surface area contributed by atoms with Crippen molar-refractivity contribution in [1.29, 1.82) is 0 Å². The van der Waals surface area contributed by atoms with Gasteiger partial charge < -0.3 is 10.2 Å². The number of benzene rings is 1. The van der Waals surface area contributed by atoms with Crippen LogP contribution in [0.1, 0.15) is 31.7 Å². The molecule has 0 spiro atoms. The van der Waals surface area contributed by atoms with Gasteiger partial charge >= 0.3 is 6.03 Å². The molecule has 1 aromatic carbocycles. The average Bonchev–Trinajstić information content (AvgIpc) is 3.01. The van der Waals surface area contributed by atoms with E-state index in [1.807, 2.05) is 0 Å². The van der Waals surface area contributed by atoms with Gasteiger partial charge in [0, 0.05) is 25.4 Å². The normalized spacial score (nSPS) is 20.4. The first-order valence-electron chi connectivity index (χ1n) is 8.77. The summed E-state index contributed by atoms with van der Waals surface area (Å²) in [6, 6.07) is 6.33. The van der Waals surface area contributed by atoms with E-state index in [4.69, 9.17) is 0 Å². The number of hydrogen-bond acceptors (Lipinski definition) is 3. The number of amides is 2. The lowest BCUT2D eigenvalue weighted by Gasteiger charge is -2.25. The molecule has 1 aliphatic carbocycles. The first-order chi connectivity index (χ1) is 11.8. The Bertz CT molecular complexity index is 676. The van der Waals surface area contributed by atoms with Gasteiger partial charge in [-0.05, 0) is 42.9 Å². The highest BCUT2D eigenvalue weighted by molar-refractivity contribution is 7.91. The van der Waals surface area contributed by atoms with Crippen molar-refractivity contribution < 1.29 is 17.6 Å². The average molecular weight is 370 g/mol. The summed E-state index contributed by atoms with van der Waals surface area (Å²) < 4.78 is 36.1. The van der Waals surface area contributed by atoms with Crippen molar-refractivity contribution in [2.75, 3.05) is 25.1 Å². The number of carbonyl (C=O) groups is 1. The zero-order valence-corrected chi connectivity index (χ0v) is 15.7. The number of carbonyl (C=O) groups excluding carboxylic acids is 1. The fraction of sp³-hybridized carbons (Fsp3) is 0.611. The van der Waals surface area contributed by atoms with E-state index in [0.717, 1.165) is 31.2 Å². The molecule has 1 fully saturated rings. The molecule has 0 heterocycles. The van der Waals surface area contributed by atoms with Gasteiger partial charge in [-0.25, -0.2) is 17.6 Å². The minimum absolute atomic E-state index is 0.0168. The minimum Gasteiger partial charge on any atom is -0.335 e. The Morgan fingerprint density at radius 1 is 1.28 bits per heavy atom.